The number of amides is 2. The van der Waals surface area contributed by atoms with Crippen LogP contribution in [0.15, 0.2) is 0 Å². The summed E-state index contributed by atoms with van der Waals surface area (Å²) in [6.07, 6.45) is -0.380. The van der Waals surface area contributed by atoms with Crippen LogP contribution in [-0.2, 0) is 29.3 Å². The third kappa shape index (κ3) is 12.0. The fourth-order valence-corrected chi connectivity index (χ4v) is 3.12. The Labute approximate surface area is 168 Å². The van der Waals surface area contributed by atoms with E-state index in [0.717, 1.165) is 0 Å². The summed E-state index contributed by atoms with van der Waals surface area (Å²) in [6, 6.07) is -1.79. The Kier molecular flexibility index (Phi) is 11.3. The number of carboxylic acids is 2. The quantitative estimate of drug-likeness (QED) is 0.178. The minimum Gasteiger partial charge on any atom is -0.480 e. The van der Waals surface area contributed by atoms with Gasteiger partial charge in [0, 0.05) is 26.6 Å². The van der Waals surface area contributed by atoms with E-state index in [1.54, 1.807) is 6.92 Å². The summed E-state index contributed by atoms with van der Waals surface area (Å²) < 4.78 is 31.5. The van der Waals surface area contributed by atoms with Gasteiger partial charge in [0.15, 0.2) is 0 Å². The first-order valence-electron chi connectivity index (χ1n) is 8.60. The molecule has 0 fully saturated rings. The van der Waals surface area contributed by atoms with Crippen LogP contribution < -0.4 is 5.32 Å². The van der Waals surface area contributed by atoms with Gasteiger partial charge >= 0.3 is 11.9 Å². The first-order chi connectivity index (χ1) is 13.3. The molecule has 0 aromatic heterocycles. The lowest BCUT2D eigenvalue weighted by Gasteiger charge is -2.28. The van der Waals surface area contributed by atoms with Crippen molar-refractivity contribution in [1.82, 2.24) is 15.1 Å². The van der Waals surface area contributed by atoms with Gasteiger partial charge in [-0.1, -0.05) is 6.92 Å². The van der Waals surface area contributed by atoms with Gasteiger partial charge in [-0.3, -0.25) is 28.6 Å². The third-order valence-corrected chi connectivity index (χ3v) is 4.55. The lowest BCUT2D eigenvalue weighted by molar-refractivity contribution is -0.144. The molecule has 0 heterocycles. The van der Waals surface area contributed by atoms with E-state index in [-0.39, 0.29) is 25.5 Å². The van der Waals surface area contributed by atoms with Crippen molar-refractivity contribution in [2.24, 2.45) is 0 Å². The molecule has 14 heteroatoms. The lowest BCUT2D eigenvalue weighted by atomic mass is 10.2. The predicted molar refractivity (Wildman–Crippen MR) is 98.6 cm³/mol. The first kappa shape index (κ1) is 26.7. The second-order valence-electron chi connectivity index (χ2n) is 6.27. The van der Waals surface area contributed by atoms with Gasteiger partial charge in [0.25, 0.3) is 10.1 Å². The van der Waals surface area contributed by atoms with Gasteiger partial charge < -0.3 is 25.5 Å². The third-order valence-electron chi connectivity index (χ3n) is 3.82. The lowest BCUT2D eigenvalue weighted by Crippen LogP contribution is -2.54. The van der Waals surface area contributed by atoms with E-state index in [9.17, 15) is 32.7 Å². The number of carboxylic acid groups (broad SMARTS) is 2. The minimum atomic E-state index is -4.75. The minimum absolute atomic E-state index is 0.0142. The molecule has 0 bridgehead atoms. The van der Waals surface area contributed by atoms with Gasteiger partial charge in [0.2, 0.25) is 11.8 Å². The molecule has 0 aliphatic rings. The molecule has 2 amide bonds. The smallest absolute Gasteiger partial charge is 0.317 e. The number of nitrogens with zero attached hydrogens (tertiary/aromatic N) is 2. The highest BCUT2D eigenvalue weighted by Gasteiger charge is 2.33. The van der Waals surface area contributed by atoms with Crippen molar-refractivity contribution in [3.63, 3.8) is 0 Å². The van der Waals surface area contributed by atoms with Crippen LogP contribution in [0.2, 0.25) is 0 Å². The van der Waals surface area contributed by atoms with Crippen LogP contribution in [0, 0.1) is 0 Å². The maximum absolute atomic E-state index is 12.4. The van der Waals surface area contributed by atoms with Crippen molar-refractivity contribution < 1.29 is 47.5 Å². The Balaban J connectivity index is 5.26. The molecular formula is C15H27N3O10S. The van der Waals surface area contributed by atoms with Crippen molar-refractivity contribution in [2.45, 2.75) is 32.4 Å². The maximum Gasteiger partial charge on any atom is 0.317 e. The Morgan fingerprint density at radius 3 is 1.97 bits per heavy atom. The highest BCUT2D eigenvalue weighted by atomic mass is 32.2. The number of hydrogen-bond acceptors (Lipinski definition) is 8. The molecule has 0 aliphatic carbocycles. The Hall–Kier alpha value is -2.29. The van der Waals surface area contributed by atoms with Gasteiger partial charge in [0.1, 0.15) is 6.04 Å². The highest BCUT2D eigenvalue weighted by molar-refractivity contribution is 7.85. The molecule has 29 heavy (non-hydrogen) atoms. The summed E-state index contributed by atoms with van der Waals surface area (Å²) in [5.74, 6) is -5.64. The van der Waals surface area contributed by atoms with Gasteiger partial charge in [-0.15, -0.1) is 0 Å². The predicted octanol–water partition coefficient (Wildman–Crippen LogP) is -2.55. The second-order valence-corrected chi connectivity index (χ2v) is 7.77. The Morgan fingerprint density at radius 2 is 1.59 bits per heavy atom. The zero-order valence-electron chi connectivity index (χ0n) is 16.1. The molecule has 13 nitrogen and oxygen atoms in total. The monoisotopic (exact) mass is 441 g/mol. The molecule has 168 valence electrons. The number of aliphatic hydroxyl groups is 1. The van der Waals surface area contributed by atoms with Crippen LogP contribution in [0.3, 0.4) is 0 Å². The number of carbonyl (C=O) groups is 4. The van der Waals surface area contributed by atoms with E-state index in [1.807, 2.05) is 0 Å². The molecule has 0 aromatic carbocycles. The molecule has 0 aromatic rings. The van der Waals surface area contributed by atoms with E-state index in [0.29, 0.717) is 11.3 Å². The summed E-state index contributed by atoms with van der Waals surface area (Å²) >= 11 is 0. The van der Waals surface area contributed by atoms with E-state index in [1.165, 1.54) is 11.8 Å². The van der Waals surface area contributed by atoms with Gasteiger partial charge in [0.05, 0.1) is 24.9 Å². The molecule has 0 spiro atoms. The van der Waals surface area contributed by atoms with Crippen molar-refractivity contribution >= 4 is 33.9 Å². The van der Waals surface area contributed by atoms with Crippen molar-refractivity contribution in [3.8, 4) is 0 Å². The Morgan fingerprint density at radius 1 is 1.07 bits per heavy atom. The zero-order chi connectivity index (χ0) is 22.8. The van der Waals surface area contributed by atoms with Crippen LogP contribution in [0.5, 0.6) is 0 Å². The fourth-order valence-electron chi connectivity index (χ4n) is 2.36. The van der Waals surface area contributed by atoms with Gasteiger partial charge in [-0.05, 0) is 6.42 Å². The fraction of sp³-hybridized carbons (Fsp3) is 0.733. The maximum atomic E-state index is 12.4. The SMILES string of the molecule is CCC(O)CN(CCNC(=O)C(CS(=O)(=O)O)N(CC(=O)O)CC(=O)O)C(C)=O. The molecule has 0 radical (unpaired) electrons. The van der Waals surface area contributed by atoms with Gasteiger partial charge in [-0.25, -0.2) is 0 Å². The highest BCUT2D eigenvalue weighted by Crippen LogP contribution is 2.05. The molecule has 0 saturated carbocycles. The number of aliphatic hydroxyl groups excluding tert-OH is 1. The topological polar surface area (TPSA) is 202 Å². The molecule has 2 unspecified atom stereocenters. The van der Waals surface area contributed by atoms with Crippen molar-refractivity contribution in [3.05, 3.63) is 0 Å². The van der Waals surface area contributed by atoms with Crippen LogP contribution in [0.4, 0.5) is 0 Å². The van der Waals surface area contributed by atoms with Crippen LogP contribution >= 0.6 is 0 Å². The normalized spacial score (nSPS) is 13.6. The van der Waals surface area contributed by atoms with E-state index in [2.05, 4.69) is 5.32 Å². The summed E-state index contributed by atoms with van der Waals surface area (Å²) in [5.41, 5.74) is 0. The van der Waals surface area contributed by atoms with Crippen molar-refractivity contribution in [2.75, 3.05) is 38.5 Å². The number of aliphatic carboxylic acids is 2. The van der Waals surface area contributed by atoms with E-state index >= 15 is 0 Å². The number of rotatable bonds is 14. The number of hydrogen-bond donors (Lipinski definition) is 5. The van der Waals surface area contributed by atoms with Gasteiger partial charge in [-0.2, -0.15) is 8.42 Å². The molecule has 5 N–H and O–H groups in total. The summed E-state index contributed by atoms with van der Waals surface area (Å²) in [7, 11) is -4.75. The number of nitrogens with one attached hydrogen (secondary N) is 1. The molecule has 2 atom stereocenters. The number of carbonyl (C=O) groups excluding carboxylic acids is 2. The van der Waals surface area contributed by atoms with Crippen molar-refractivity contribution in [1.29, 1.82) is 0 Å². The van der Waals surface area contributed by atoms with Crippen LogP contribution in [0.25, 0.3) is 0 Å². The summed E-state index contributed by atoms with van der Waals surface area (Å²) in [6.45, 7) is 0.862. The molecule has 0 rings (SSSR count). The molecule has 0 aliphatic heterocycles. The first-order valence-corrected chi connectivity index (χ1v) is 10.2. The second kappa shape index (κ2) is 12.3. The molecular weight excluding hydrogens is 414 g/mol. The summed E-state index contributed by atoms with van der Waals surface area (Å²) in [4.78, 5) is 47.7. The largest absolute Gasteiger partial charge is 0.480 e. The van der Waals surface area contributed by atoms with Crippen LogP contribution in [0.1, 0.15) is 20.3 Å². The van der Waals surface area contributed by atoms with E-state index < -0.39 is 59.0 Å². The Bertz CT molecular complexity index is 680. The zero-order valence-corrected chi connectivity index (χ0v) is 17.0. The standard InChI is InChI=1S/C15H27N3O10S/c1-3-11(20)6-17(10(2)19)5-4-16-15(25)12(9-29(26,27)28)18(7-13(21)22)8-14(23)24/h11-12,20H,3-9H2,1-2H3,(H,16,25)(H,21,22)(H,23,24)(H,26,27,28). The average Bonchev–Trinajstić information content (AvgIpc) is 2.56. The average molecular weight is 441 g/mol. The summed E-state index contributed by atoms with van der Waals surface area (Å²) in [5, 5.41) is 29.7. The van der Waals surface area contributed by atoms with Crippen LogP contribution in [-0.4, -0.2) is 112 Å². The van der Waals surface area contributed by atoms with E-state index in [4.69, 9.17) is 14.8 Å². The molecule has 0 saturated heterocycles.